The summed E-state index contributed by atoms with van der Waals surface area (Å²) in [6.07, 6.45) is 0. The van der Waals surface area contributed by atoms with E-state index in [1.54, 1.807) is 12.1 Å². The Kier molecular flexibility index (Phi) is 4.36. The third kappa shape index (κ3) is 3.27. The van der Waals surface area contributed by atoms with Gasteiger partial charge in [0.05, 0.1) is 27.3 Å². The molecule has 0 amide bonds. The zero-order chi connectivity index (χ0) is 15.4. The summed E-state index contributed by atoms with van der Waals surface area (Å²) in [5.41, 5.74) is 0.428. The van der Waals surface area contributed by atoms with E-state index in [2.05, 4.69) is 5.32 Å². The maximum atomic E-state index is 13.9. The molecule has 106 valence electrons. The van der Waals surface area contributed by atoms with Crippen LogP contribution in [0.4, 0.5) is 15.8 Å². The van der Waals surface area contributed by atoms with Crippen LogP contribution in [0.25, 0.3) is 0 Å². The Morgan fingerprint density at radius 2 is 2.14 bits per heavy atom. The number of hydrogen-bond acceptors (Lipinski definition) is 4. The van der Waals surface area contributed by atoms with Gasteiger partial charge in [-0.25, -0.2) is 0 Å². The molecule has 21 heavy (non-hydrogen) atoms. The highest BCUT2D eigenvalue weighted by Gasteiger charge is 2.17. The van der Waals surface area contributed by atoms with Crippen LogP contribution in [0.2, 0.25) is 5.02 Å². The smallest absolute Gasteiger partial charge is 0.305 e. The second-order valence-electron chi connectivity index (χ2n) is 4.17. The molecule has 0 aliphatic rings. The summed E-state index contributed by atoms with van der Waals surface area (Å²) in [4.78, 5) is 9.90. The zero-order valence-electron chi connectivity index (χ0n) is 10.6. The molecule has 0 atom stereocenters. The minimum absolute atomic E-state index is 0.0160. The molecule has 0 bridgehead atoms. The number of nitro groups is 1. The molecule has 0 saturated heterocycles. The van der Waals surface area contributed by atoms with Crippen molar-refractivity contribution in [1.29, 1.82) is 5.26 Å². The summed E-state index contributed by atoms with van der Waals surface area (Å²) in [5.74, 6) is -0.887. The number of nitro benzene ring substituents is 1. The first-order chi connectivity index (χ1) is 10.0. The lowest BCUT2D eigenvalue weighted by Gasteiger charge is -2.09. The van der Waals surface area contributed by atoms with Gasteiger partial charge in [0.15, 0.2) is 0 Å². The lowest BCUT2D eigenvalue weighted by atomic mass is 10.1. The Morgan fingerprint density at radius 3 is 2.81 bits per heavy atom. The lowest BCUT2D eigenvalue weighted by molar-refractivity contribution is -0.387. The van der Waals surface area contributed by atoms with Crippen LogP contribution in [-0.4, -0.2) is 4.92 Å². The van der Waals surface area contributed by atoms with Gasteiger partial charge in [-0.3, -0.25) is 10.1 Å². The van der Waals surface area contributed by atoms with E-state index in [0.717, 1.165) is 6.07 Å². The number of nitrogens with zero attached hydrogens (tertiary/aromatic N) is 2. The van der Waals surface area contributed by atoms with Crippen LogP contribution in [-0.2, 0) is 6.54 Å². The van der Waals surface area contributed by atoms with E-state index in [1.165, 1.54) is 18.2 Å². The summed E-state index contributed by atoms with van der Waals surface area (Å²) < 4.78 is 13.9. The van der Waals surface area contributed by atoms with Crippen molar-refractivity contribution in [3.63, 3.8) is 0 Å². The van der Waals surface area contributed by atoms with Crippen LogP contribution in [0, 0.1) is 27.3 Å². The maximum absolute atomic E-state index is 13.9. The molecule has 0 aromatic heterocycles. The molecule has 0 aliphatic carbocycles. The van der Waals surface area contributed by atoms with Crippen molar-refractivity contribution in [1.82, 2.24) is 0 Å². The summed E-state index contributed by atoms with van der Waals surface area (Å²) in [5, 5.41) is 22.7. The van der Waals surface area contributed by atoms with E-state index in [9.17, 15) is 14.5 Å². The zero-order valence-corrected chi connectivity index (χ0v) is 11.4. The summed E-state index contributed by atoms with van der Waals surface area (Å²) >= 11 is 5.97. The number of hydrogen-bond donors (Lipinski definition) is 1. The van der Waals surface area contributed by atoms with Gasteiger partial charge in [0, 0.05) is 18.2 Å². The SMILES string of the molecule is N#Cc1ccc(Cl)c(NCc2cccc([N+](=O)[O-])c2F)c1. The van der Waals surface area contributed by atoms with Crippen LogP contribution in [0.15, 0.2) is 36.4 Å². The summed E-state index contributed by atoms with van der Waals surface area (Å²) in [7, 11) is 0. The quantitative estimate of drug-likeness (QED) is 0.687. The molecule has 0 heterocycles. The molecule has 1 N–H and O–H groups in total. The summed E-state index contributed by atoms with van der Waals surface area (Å²) in [6.45, 7) is 0.0160. The molecule has 7 heteroatoms. The number of benzene rings is 2. The van der Waals surface area contributed by atoms with Gasteiger partial charge in [0.25, 0.3) is 0 Å². The fourth-order valence-electron chi connectivity index (χ4n) is 1.76. The third-order valence-corrected chi connectivity index (χ3v) is 3.15. The van der Waals surface area contributed by atoms with Gasteiger partial charge < -0.3 is 5.32 Å². The van der Waals surface area contributed by atoms with Crippen molar-refractivity contribution >= 4 is 23.0 Å². The fraction of sp³-hybridized carbons (Fsp3) is 0.0714. The van der Waals surface area contributed by atoms with Crippen molar-refractivity contribution in [3.05, 3.63) is 68.5 Å². The Bertz CT molecular complexity index is 743. The number of nitriles is 1. The highest BCUT2D eigenvalue weighted by Crippen LogP contribution is 2.25. The molecule has 5 nitrogen and oxygen atoms in total. The number of rotatable bonds is 4. The molecular formula is C14H9ClFN3O2. The normalized spacial score (nSPS) is 9.95. The monoisotopic (exact) mass is 305 g/mol. The van der Waals surface area contributed by atoms with Gasteiger partial charge in [-0.15, -0.1) is 0 Å². The van der Waals surface area contributed by atoms with E-state index in [4.69, 9.17) is 16.9 Å². The standard InChI is InChI=1S/C14H9ClFN3O2/c15-11-5-4-9(7-17)6-12(11)18-8-10-2-1-3-13(14(10)16)19(20)21/h1-6,18H,8H2. The van der Waals surface area contributed by atoms with Crippen molar-refractivity contribution in [3.8, 4) is 6.07 Å². The summed E-state index contributed by atoms with van der Waals surface area (Å²) in [6, 6.07) is 10.5. The predicted molar refractivity (Wildman–Crippen MR) is 76.5 cm³/mol. The van der Waals surface area contributed by atoms with Crippen LogP contribution in [0.3, 0.4) is 0 Å². The molecule has 2 aromatic rings. The van der Waals surface area contributed by atoms with Crippen LogP contribution in [0.5, 0.6) is 0 Å². The molecule has 0 spiro atoms. The predicted octanol–water partition coefficient (Wildman–Crippen LogP) is 3.87. The third-order valence-electron chi connectivity index (χ3n) is 2.82. The Morgan fingerprint density at radius 1 is 1.38 bits per heavy atom. The minimum atomic E-state index is -0.887. The lowest BCUT2D eigenvalue weighted by Crippen LogP contribution is -2.04. The molecular weight excluding hydrogens is 297 g/mol. The van der Waals surface area contributed by atoms with E-state index in [-0.39, 0.29) is 12.1 Å². The molecule has 0 aliphatic heterocycles. The van der Waals surface area contributed by atoms with Crippen LogP contribution < -0.4 is 5.32 Å². The minimum Gasteiger partial charge on any atom is -0.380 e. The Hall–Kier alpha value is -2.65. The molecule has 0 unspecified atom stereocenters. The number of anilines is 1. The second kappa shape index (κ2) is 6.20. The van der Waals surface area contributed by atoms with Crippen molar-refractivity contribution in [2.75, 3.05) is 5.32 Å². The first kappa shape index (κ1) is 14.8. The van der Waals surface area contributed by atoms with Crippen LogP contribution >= 0.6 is 11.6 Å². The molecule has 0 saturated carbocycles. The van der Waals surface area contributed by atoms with Gasteiger partial charge in [0.1, 0.15) is 0 Å². The topological polar surface area (TPSA) is 79.0 Å². The van der Waals surface area contributed by atoms with Crippen molar-refractivity contribution < 1.29 is 9.31 Å². The Labute approximate surface area is 124 Å². The van der Waals surface area contributed by atoms with E-state index in [1.807, 2.05) is 6.07 Å². The average molecular weight is 306 g/mol. The van der Waals surface area contributed by atoms with Crippen LogP contribution in [0.1, 0.15) is 11.1 Å². The van der Waals surface area contributed by atoms with E-state index < -0.39 is 16.4 Å². The molecule has 2 rings (SSSR count). The molecule has 0 radical (unpaired) electrons. The highest BCUT2D eigenvalue weighted by molar-refractivity contribution is 6.33. The van der Waals surface area contributed by atoms with Crippen molar-refractivity contribution in [2.24, 2.45) is 0 Å². The van der Waals surface area contributed by atoms with E-state index in [0.29, 0.717) is 16.3 Å². The Balaban J connectivity index is 2.23. The highest BCUT2D eigenvalue weighted by atomic mass is 35.5. The van der Waals surface area contributed by atoms with Gasteiger partial charge >= 0.3 is 5.69 Å². The van der Waals surface area contributed by atoms with Gasteiger partial charge in [-0.1, -0.05) is 23.7 Å². The largest absolute Gasteiger partial charge is 0.380 e. The maximum Gasteiger partial charge on any atom is 0.305 e. The van der Waals surface area contributed by atoms with Crippen molar-refractivity contribution in [2.45, 2.75) is 6.54 Å². The van der Waals surface area contributed by atoms with Gasteiger partial charge in [0.2, 0.25) is 5.82 Å². The number of halogens is 2. The fourth-order valence-corrected chi connectivity index (χ4v) is 1.95. The molecule has 2 aromatic carbocycles. The molecule has 0 fully saturated rings. The van der Waals surface area contributed by atoms with Gasteiger partial charge in [-0.2, -0.15) is 9.65 Å². The number of nitrogens with one attached hydrogen (secondary N) is 1. The first-order valence-electron chi connectivity index (χ1n) is 5.88. The van der Waals surface area contributed by atoms with Gasteiger partial charge in [-0.05, 0) is 18.2 Å². The average Bonchev–Trinajstić information content (AvgIpc) is 2.47. The van der Waals surface area contributed by atoms with E-state index >= 15 is 0 Å². The second-order valence-corrected chi connectivity index (χ2v) is 4.57. The first-order valence-corrected chi connectivity index (χ1v) is 6.26.